The van der Waals surface area contributed by atoms with Crippen LogP contribution in [0, 0.1) is 16.7 Å². The van der Waals surface area contributed by atoms with Crippen molar-refractivity contribution in [2.45, 2.75) is 134 Å². The van der Waals surface area contributed by atoms with Crippen molar-refractivity contribution in [3.63, 3.8) is 0 Å². The molecule has 2 saturated carbocycles. The van der Waals surface area contributed by atoms with Crippen LogP contribution in [-0.2, 0) is 47.7 Å². The van der Waals surface area contributed by atoms with Crippen LogP contribution in [-0.4, -0.2) is 105 Å². The van der Waals surface area contributed by atoms with Crippen molar-refractivity contribution >= 4 is 35.6 Å². The Hall–Kier alpha value is -4.96. The van der Waals surface area contributed by atoms with Crippen molar-refractivity contribution in [3.8, 4) is 0 Å². The number of hydrogen-bond acceptors (Lipinski definition) is 14. The van der Waals surface area contributed by atoms with Crippen LogP contribution in [0.3, 0.4) is 0 Å². The van der Waals surface area contributed by atoms with Gasteiger partial charge in [-0.15, -0.1) is 0 Å². The molecule has 1 aliphatic heterocycles. The third-order valence-corrected chi connectivity index (χ3v) is 13.2. The quantitative estimate of drug-likeness (QED) is 0.136. The molecule has 1 heterocycles. The van der Waals surface area contributed by atoms with E-state index in [4.69, 9.17) is 23.7 Å². The summed E-state index contributed by atoms with van der Waals surface area (Å²) in [7, 11) is 0. The Morgan fingerprint density at radius 2 is 1.57 bits per heavy atom. The molecule has 2 aromatic rings. The predicted molar refractivity (Wildman–Crippen MR) is 211 cm³/mol. The number of rotatable bonds is 12. The van der Waals surface area contributed by atoms with Crippen LogP contribution >= 0.6 is 0 Å². The molecule has 3 aliphatic carbocycles. The molecule has 2 aromatic carbocycles. The smallest absolute Gasteiger partial charge is 0.338 e. The van der Waals surface area contributed by atoms with Crippen molar-refractivity contribution in [2.24, 2.45) is 16.7 Å². The fraction of sp³-hybridized carbons (Fsp3) is 0.556. The van der Waals surface area contributed by atoms with Crippen molar-refractivity contribution < 1.29 is 67.8 Å². The van der Waals surface area contributed by atoms with Gasteiger partial charge in [-0.1, -0.05) is 75.7 Å². The first-order valence-electron chi connectivity index (χ1n) is 20.4. The molecule has 2 bridgehead atoms. The van der Waals surface area contributed by atoms with Crippen LogP contribution in [0.4, 0.5) is 0 Å². The summed E-state index contributed by atoms with van der Waals surface area (Å²) in [5.41, 5.74) is -6.81. The summed E-state index contributed by atoms with van der Waals surface area (Å²) in [4.78, 5) is 82.7. The molecule has 60 heavy (non-hydrogen) atoms. The topological polar surface area (TPSA) is 221 Å². The molecule has 1 saturated heterocycles. The molecule has 8 unspecified atom stereocenters. The fourth-order valence-corrected chi connectivity index (χ4v) is 9.95. The molecule has 324 valence electrons. The Kier molecular flexibility index (Phi) is 12.5. The van der Waals surface area contributed by atoms with Crippen molar-refractivity contribution in [3.05, 3.63) is 82.9 Å². The first kappa shape index (κ1) is 44.6. The second kappa shape index (κ2) is 16.8. The van der Waals surface area contributed by atoms with E-state index in [2.05, 4.69) is 5.32 Å². The van der Waals surface area contributed by atoms with E-state index in [1.165, 1.54) is 13.8 Å². The minimum absolute atomic E-state index is 0.0238. The molecule has 3 fully saturated rings. The van der Waals surface area contributed by atoms with Crippen LogP contribution in [0.25, 0.3) is 0 Å². The Morgan fingerprint density at radius 3 is 2.13 bits per heavy atom. The number of hydrogen-bond donors (Lipinski definition) is 4. The number of unbranched alkanes of at least 4 members (excludes halogenated alkanes) is 1. The van der Waals surface area contributed by atoms with E-state index in [0.29, 0.717) is 18.4 Å². The van der Waals surface area contributed by atoms with Crippen LogP contribution in [0.15, 0.2) is 71.8 Å². The number of Topliss-reactive ketones (excluding diaryl/α,β-unsaturated/α-hetero) is 1. The third kappa shape index (κ3) is 7.54. The minimum atomic E-state index is -2.32. The van der Waals surface area contributed by atoms with Crippen molar-refractivity contribution in [2.75, 3.05) is 6.61 Å². The second-order valence-electron chi connectivity index (χ2n) is 17.2. The van der Waals surface area contributed by atoms with Gasteiger partial charge >= 0.3 is 23.9 Å². The number of amides is 1. The van der Waals surface area contributed by atoms with Crippen LogP contribution in [0.1, 0.15) is 103 Å². The molecule has 15 nitrogen and oxygen atoms in total. The standard InChI is InChI=1S/C45H55NO14/c1-8-9-20-32(50)59-39-37-43(7,30(49)21-31-44(37,23-56-31)60-26(4)48)38(52)36(57-25(3)47)33-24(2)29(22-45(39,55)42(33,5)6)58-41(54)35(51)34(27-16-12-10-13-17-27)46-40(53)28-18-14-11-15-19-28/h10-19,29-31,34-37,39,49,51,55H,8-9,20-23H2,1-7H3,(H,46,53)/t29?,30?,31?,34?,35?,36?,37?,39?,43-,44+,45-/m1/s1. The van der Waals surface area contributed by atoms with Gasteiger partial charge in [-0.3, -0.25) is 24.0 Å². The van der Waals surface area contributed by atoms with Gasteiger partial charge in [-0.05, 0) is 49.1 Å². The van der Waals surface area contributed by atoms with E-state index in [0.717, 1.165) is 13.8 Å². The summed E-state index contributed by atoms with van der Waals surface area (Å²) in [5.74, 6) is -6.50. The highest BCUT2D eigenvalue weighted by atomic mass is 16.6. The van der Waals surface area contributed by atoms with Gasteiger partial charge in [-0.25, -0.2) is 4.79 Å². The summed E-state index contributed by atoms with van der Waals surface area (Å²) in [6.07, 6.45) is -9.25. The largest absolute Gasteiger partial charge is 0.459 e. The highest BCUT2D eigenvalue weighted by Gasteiger charge is 2.78. The zero-order chi connectivity index (χ0) is 43.9. The molecule has 11 atom stereocenters. The molecule has 6 rings (SSSR count). The van der Waals surface area contributed by atoms with Gasteiger partial charge in [0, 0.05) is 44.1 Å². The maximum atomic E-state index is 15.4. The van der Waals surface area contributed by atoms with Crippen molar-refractivity contribution in [1.82, 2.24) is 5.32 Å². The van der Waals surface area contributed by atoms with E-state index >= 15 is 4.79 Å². The minimum Gasteiger partial charge on any atom is -0.459 e. The van der Waals surface area contributed by atoms with Gasteiger partial charge in [0.05, 0.1) is 30.1 Å². The maximum absolute atomic E-state index is 15.4. The average Bonchev–Trinajstić information content (AvgIpc) is 3.20. The number of carbonyl (C=O) groups excluding carboxylic acids is 6. The number of benzene rings is 2. The van der Waals surface area contributed by atoms with E-state index < -0.39 is 113 Å². The lowest BCUT2D eigenvalue weighted by Crippen LogP contribution is -2.82. The average molecular weight is 834 g/mol. The zero-order valence-electron chi connectivity index (χ0n) is 35.0. The van der Waals surface area contributed by atoms with Gasteiger partial charge in [0.25, 0.3) is 5.91 Å². The summed E-state index contributed by atoms with van der Waals surface area (Å²) >= 11 is 0. The number of carbonyl (C=O) groups is 6. The Labute approximate surface area is 348 Å². The molecule has 1 amide bonds. The van der Waals surface area contributed by atoms with Crippen LogP contribution in [0.2, 0.25) is 0 Å². The second-order valence-corrected chi connectivity index (χ2v) is 17.2. The zero-order valence-corrected chi connectivity index (χ0v) is 35.0. The van der Waals surface area contributed by atoms with Crippen LogP contribution < -0.4 is 5.32 Å². The Balaban J connectivity index is 1.51. The van der Waals surface area contributed by atoms with E-state index in [9.17, 15) is 39.3 Å². The molecule has 0 aromatic heterocycles. The highest BCUT2D eigenvalue weighted by molar-refractivity contribution is 5.96. The summed E-state index contributed by atoms with van der Waals surface area (Å²) in [6.45, 7) is 9.96. The monoisotopic (exact) mass is 833 g/mol. The summed E-state index contributed by atoms with van der Waals surface area (Å²) in [5, 5.41) is 40.0. The van der Waals surface area contributed by atoms with Gasteiger partial charge in [0.1, 0.15) is 23.9 Å². The molecular formula is C45H55NO14. The molecule has 4 N–H and O–H groups in total. The van der Waals surface area contributed by atoms with Crippen molar-refractivity contribution in [1.29, 1.82) is 0 Å². The van der Waals surface area contributed by atoms with Crippen LogP contribution in [0.5, 0.6) is 0 Å². The van der Waals surface area contributed by atoms with E-state index in [1.807, 2.05) is 6.92 Å². The van der Waals surface area contributed by atoms with E-state index in [1.54, 1.807) is 74.5 Å². The summed E-state index contributed by atoms with van der Waals surface area (Å²) in [6, 6.07) is 15.2. The van der Waals surface area contributed by atoms with E-state index in [-0.39, 0.29) is 36.2 Å². The lowest BCUT2D eigenvalue weighted by Gasteiger charge is -2.67. The van der Waals surface area contributed by atoms with Gasteiger partial charge in [-0.2, -0.15) is 0 Å². The van der Waals surface area contributed by atoms with Gasteiger partial charge < -0.3 is 44.3 Å². The summed E-state index contributed by atoms with van der Waals surface area (Å²) < 4.78 is 30.1. The third-order valence-electron chi connectivity index (χ3n) is 13.2. The fourth-order valence-electron chi connectivity index (χ4n) is 9.95. The SMILES string of the molecule is CCCCC(=O)OC1C2[C@]3(OC(C)=O)COC3CC(O)[C@@]2(C)C(=O)C(OC(C)=O)C2=C(C)C(OC(=O)C(O)C(NC(=O)c3ccccc3)c3ccccc3)C[C@]1(O)C2(C)C. The Morgan fingerprint density at radius 1 is 0.933 bits per heavy atom. The predicted octanol–water partition coefficient (Wildman–Crippen LogP) is 3.61. The highest BCUT2D eigenvalue weighted by Crippen LogP contribution is 2.64. The number of esters is 4. The lowest BCUT2D eigenvalue weighted by atomic mass is 9.44. The maximum Gasteiger partial charge on any atom is 0.338 e. The van der Waals surface area contributed by atoms with Gasteiger partial charge in [0.15, 0.2) is 23.6 Å². The number of aliphatic hydroxyl groups excluding tert-OH is 2. The molecule has 4 aliphatic rings. The lowest BCUT2D eigenvalue weighted by molar-refractivity contribution is -0.347. The molecular weight excluding hydrogens is 778 g/mol. The normalized spacial score (nSPS) is 32.6. The first-order chi connectivity index (χ1) is 28.2. The number of ketones is 1. The number of nitrogens with one attached hydrogen (secondary N) is 1. The number of aliphatic hydroxyl groups is 3. The number of ether oxygens (including phenoxy) is 5. The Bertz CT molecular complexity index is 2030. The molecule has 0 radical (unpaired) electrons. The molecule has 0 spiro atoms. The number of fused-ring (bicyclic) bond motifs is 5. The van der Waals surface area contributed by atoms with Gasteiger partial charge in [0.2, 0.25) is 0 Å². The first-order valence-corrected chi connectivity index (χ1v) is 20.4. The molecule has 15 heteroatoms.